The molecule has 0 bridgehead atoms. The molecule has 1 aromatic rings. The molecule has 0 aromatic heterocycles. The third-order valence-corrected chi connectivity index (χ3v) is 2.40. The number of benzene rings is 1. The van der Waals surface area contributed by atoms with E-state index in [0.717, 1.165) is 0 Å². The van der Waals surface area contributed by atoms with Crippen LogP contribution in [0.1, 0.15) is 11.7 Å². The Morgan fingerprint density at radius 2 is 1.80 bits per heavy atom. The number of halogens is 3. The summed E-state index contributed by atoms with van der Waals surface area (Å²) in [6.45, 7) is -0.417. The van der Waals surface area contributed by atoms with Gasteiger partial charge in [-0.3, -0.25) is 5.32 Å². The summed E-state index contributed by atoms with van der Waals surface area (Å²) < 4.78 is 2.94. The van der Waals surface area contributed by atoms with E-state index in [4.69, 9.17) is 39.9 Å². The van der Waals surface area contributed by atoms with Crippen LogP contribution in [-0.4, -0.2) is 32.7 Å². The Labute approximate surface area is 129 Å². The molecule has 20 heavy (non-hydrogen) atoms. The van der Waals surface area contributed by atoms with Gasteiger partial charge in [-0.25, -0.2) is 9.59 Å². The Balaban J connectivity index is 2.57. The van der Waals surface area contributed by atoms with Crippen molar-refractivity contribution in [2.45, 2.75) is 9.90 Å². The minimum Gasteiger partial charge on any atom is -0.479 e. The number of hydrogen-bond donors (Lipinski definition) is 3. The molecular formula is C11H10Cl3NO5. The van der Waals surface area contributed by atoms with E-state index >= 15 is 0 Å². The van der Waals surface area contributed by atoms with Gasteiger partial charge in [-0.05, 0) is 17.7 Å². The van der Waals surface area contributed by atoms with Gasteiger partial charge in [-0.1, -0.05) is 46.9 Å². The molecule has 3 N–H and O–H groups in total. The predicted octanol–water partition coefficient (Wildman–Crippen LogP) is 2.72. The van der Waals surface area contributed by atoms with Crippen LogP contribution in [0.25, 0.3) is 0 Å². The fraction of sp³-hybridized carbons (Fsp3) is 0.273. The van der Waals surface area contributed by atoms with E-state index in [9.17, 15) is 14.7 Å². The molecule has 1 atom stereocenters. The first-order chi connectivity index (χ1) is 9.19. The number of carbonyl (C=O) groups is 2. The van der Waals surface area contributed by atoms with Crippen LogP contribution in [0.3, 0.4) is 0 Å². The molecule has 1 aromatic carbocycles. The van der Waals surface area contributed by atoms with Crippen LogP contribution in [0, 0.1) is 0 Å². The molecule has 110 valence electrons. The molecule has 1 unspecified atom stereocenters. The number of carbonyl (C=O) groups excluding carboxylic acids is 1. The summed E-state index contributed by atoms with van der Waals surface area (Å²) in [7, 11) is 0. The predicted molar refractivity (Wildman–Crippen MR) is 74.3 cm³/mol. The zero-order chi connectivity index (χ0) is 15.3. The first-order valence-corrected chi connectivity index (χ1v) is 6.34. The Hall–Kier alpha value is -1.21. The standard InChI is InChI=1S/C11H10Cl3NO5/c12-11(13,14)5-20-10(19)15-7-3-1-6(2-4-7)8(16)9(17)18/h1-4,8,16H,5H2,(H,15,19)(H,17,18). The molecule has 1 rings (SSSR count). The summed E-state index contributed by atoms with van der Waals surface area (Å²) in [5.41, 5.74) is 0.512. The number of carboxylic acids is 1. The highest BCUT2D eigenvalue weighted by Gasteiger charge is 2.22. The number of aliphatic carboxylic acids is 1. The Morgan fingerprint density at radius 1 is 1.25 bits per heavy atom. The van der Waals surface area contributed by atoms with Crippen molar-refractivity contribution in [3.8, 4) is 0 Å². The monoisotopic (exact) mass is 341 g/mol. The Bertz CT molecular complexity index is 486. The number of carboxylic acid groups (broad SMARTS) is 1. The highest BCUT2D eigenvalue weighted by molar-refractivity contribution is 6.67. The zero-order valence-corrected chi connectivity index (χ0v) is 12.1. The van der Waals surface area contributed by atoms with E-state index in [1.54, 1.807) is 0 Å². The summed E-state index contributed by atoms with van der Waals surface area (Å²) in [5.74, 6) is -1.37. The van der Waals surface area contributed by atoms with Crippen LogP contribution in [-0.2, 0) is 9.53 Å². The van der Waals surface area contributed by atoms with Gasteiger partial charge in [-0.15, -0.1) is 0 Å². The number of rotatable bonds is 4. The van der Waals surface area contributed by atoms with Gasteiger partial charge in [0.2, 0.25) is 3.79 Å². The number of nitrogens with one attached hydrogen (secondary N) is 1. The molecule has 0 saturated carbocycles. The van der Waals surface area contributed by atoms with E-state index in [0.29, 0.717) is 5.69 Å². The first kappa shape index (κ1) is 16.8. The van der Waals surface area contributed by atoms with Crippen LogP contribution in [0.4, 0.5) is 10.5 Å². The number of alkyl halides is 3. The minimum absolute atomic E-state index is 0.178. The summed E-state index contributed by atoms with van der Waals surface area (Å²) in [4.78, 5) is 21.9. The molecule has 6 nitrogen and oxygen atoms in total. The number of aliphatic hydroxyl groups is 1. The van der Waals surface area contributed by atoms with E-state index in [-0.39, 0.29) is 5.56 Å². The van der Waals surface area contributed by atoms with Crippen LogP contribution in [0.15, 0.2) is 24.3 Å². The SMILES string of the molecule is O=C(Nc1ccc(C(O)C(=O)O)cc1)OCC(Cl)(Cl)Cl. The van der Waals surface area contributed by atoms with Crippen LogP contribution >= 0.6 is 34.8 Å². The van der Waals surface area contributed by atoms with E-state index in [1.807, 2.05) is 0 Å². The molecular weight excluding hydrogens is 332 g/mol. The van der Waals surface area contributed by atoms with Crippen LogP contribution in [0.5, 0.6) is 0 Å². The summed E-state index contributed by atoms with van der Waals surface area (Å²) in [6.07, 6.45) is -2.46. The molecule has 0 fully saturated rings. The van der Waals surface area contributed by atoms with Gasteiger partial charge >= 0.3 is 12.1 Å². The third kappa shape index (κ3) is 5.83. The lowest BCUT2D eigenvalue weighted by molar-refractivity contribution is -0.146. The molecule has 0 spiro atoms. The number of aliphatic hydroxyl groups excluding tert-OH is 1. The maximum Gasteiger partial charge on any atom is 0.411 e. The fourth-order valence-electron chi connectivity index (χ4n) is 1.19. The van der Waals surface area contributed by atoms with Gasteiger partial charge in [-0.2, -0.15) is 0 Å². The number of amides is 1. The molecule has 0 radical (unpaired) electrons. The van der Waals surface area contributed by atoms with Crippen molar-refractivity contribution < 1.29 is 24.5 Å². The average molecular weight is 343 g/mol. The Morgan fingerprint density at radius 3 is 2.25 bits per heavy atom. The lowest BCUT2D eigenvalue weighted by Gasteiger charge is -2.12. The van der Waals surface area contributed by atoms with Crippen molar-refractivity contribution >= 4 is 52.6 Å². The highest BCUT2D eigenvalue weighted by Crippen LogP contribution is 2.26. The van der Waals surface area contributed by atoms with E-state index in [1.165, 1.54) is 24.3 Å². The normalized spacial score (nSPS) is 12.6. The van der Waals surface area contributed by atoms with Crippen molar-refractivity contribution in [3.63, 3.8) is 0 Å². The zero-order valence-electron chi connectivity index (χ0n) is 9.85. The molecule has 0 aliphatic carbocycles. The van der Waals surface area contributed by atoms with Gasteiger partial charge in [0.1, 0.15) is 6.61 Å². The summed E-state index contributed by atoms with van der Waals surface area (Å²) in [5, 5.41) is 20.3. The second-order valence-electron chi connectivity index (χ2n) is 3.68. The van der Waals surface area contributed by atoms with Crippen molar-refractivity contribution in [3.05, 3.63) is 29.8 Å². The quantitative estimate of drug-likeness (QED) is 0.731. The molecule has 0 heterocycles. The molecule has 0 aliphatic heterocycles. The average Bonchev–Trinajstić information content (AvgIpc) is 2.35. The topological polar surface area (TPSA) is 95.9 Å². The van der Waals surface area contributed by atoms with Crippen molar-refractivity contribution in [1.82, 2.24) is 0 Å². The van der Waals surface area contributed by atoms with Crippen molar-refractivity contribution in [2.24, 2.45) is 0 Å². The highest BCUT2D eigenvalue weighted by atomic mass is 35.6. The third-order valence-electron chi connectivity index (χ3n) is 2.07. The molecule has 0 aliphatic rings. The molecule has 0 saturated heterocycles. The van der Waals surface area contributed by atoms with Gasteiger partial charge in [0.05, 0.1) is 0 Å². The van der Waals surface area contributed by atoms with Crippen molar-refractivity contribution in [2.75, 3.05) is 11.9 Å². The number of anilines is 1. The fourth-order valence-corrected chi connectivity index (χ4v) is 1.36. The van der Waals surface area contributed by atoms with E-state index in [2.05, 4.69) is 10.1 Å². The molecule has 9 heteroatoms. The smallest absolute Gasteiger partial charge is 0.411 e. The Kier molecular flexibility index (Phi) is 5.88. The number of ether oxygens (including phenoxy) is 1. The maximum atomic E-state index is 11.3. The lowest BCUT2D eigenvalue weighted by Crippen LogP contribution is -2.21. The largest absolute Gasteiger partial charge is 0.479 e. The second-order valence-corrected chi connectivity index (χ2v) is 6.20. The maximum absolute atomic E-state index is 11.3. The van der Waals surface area contributed by atoms with Crippen LogP contribution < -0.4 is 5.32 Å². The van der Waals surface area contributed by atoms with E-state index < -0.39 is 28.6 Å². The first-order valence-electron chi connectivity index (χ1n) is 5.20. The number of hydrogen-bond acceptors (Lipinski definition) is 4. The minimum atomic E-state index is -1.70. The van der Waals surface area contributed by atoms with Crippen LogP contribution in [0.2, 0.25) is 0 Å². The lowest BCUT2D eigenvalue weighted by atomic mass is 10.1. The van der Waals surface area contributed by atoms with Gasteiger partial charge in [0.15, 0.2) is 6.10 Å². The molecule has 1 amide bonds. The van der Waals surface area contributed by atoms with Gasteiger partial charge in [0.25, 0.3) is 0 Å². The summed E-state index contributed by atoms with van der Waals surface area (Å²) in [6, 6.07) is 5.50. The summed E-state index contributed by atoms with van der Waals surface area (Å²) >= 11 is 16.2. The van der Waals surface area contributed by atoms with Crippen molar-refractivity contribution in [1.29, 1.82) is 0 Å². The van der Waals surface area contributed by atoms with Gasteiger partial charge < -0.3 is 14.9 Å². The van der Waals surface area contributed by atoms with Gasteiger partial charge in [0, 0.05) is 5.69 Å². The second kappa shape index (κ2) is 6.99.